The zero-order valence-electron chi connectivity index (χ0n) is 16.7. The van der Waals surface area contributed by atoms with Gasteiger partial charge >= 0.3 is 0 Å². The Labute approximate surface area is 179 Å². The number of hydrogen-bond donors (Lipinski definition) is 2. The van der Waals surface area contributed by atoms with Crippen LogP contribution in [0.5, 0.6) is 5.75 Å². The Morgan fingerprint density at radius 2 is 2.10 bits per heavy atom. The molecule has 0 saturated heterocycles. The molecule has 0 bridgehead atoms. The van der Waals surface area contributed by atoms with Gasteiger partial charge in [0, 0.05) is 23.9 Å². The summed E-state index contributed by atoms with van der Waals surface area (Å²) in [7, 11) is 0. The van der Waals surface area contributed by atoms with Gasteiger partial charge in [-0.25, -0.2) is 0 Å². The van der Waals surface area contributed by atoms with Crippen molar-refractivity contribution in [3.05, 3.63) is 74.4 Å². The molecular weight excluding hydrogens is 408 g/mol. The summed E-state index contributed by atoms with van der Waals surface area (Å²) in [6.07, 6.45) is 1.29. The van der Waals surface area contributed by atoms with Gasteiger partial charge in [0.25, 0.3) is 11.6 Å². The number of rotatable bonds is 8. The molecule has 0 saturated carbocycles. The maximum absolute atomic E-state index is 12.5. The minimum atomic E-state index is -0.742. The normalized spacial score (nSPS) is 11.9. The summed E-state index contributed by atoms with van der Waals surface area (Å²) < 4.78 is 5.64. The van der Waals surface area contributed by atoms with Crippen LogP contribution in [0.25, 0.3) is 0 Å². The second kappa shape index (κ2) is 10.3. The van der Waals surface area contributed by atoms with Gasteiger partial charge in [0.1, 0.15) is 17.4 Å². The lowest BCUT2D eigenvalue weighted by molar-refractivity contribution is -0.384. The van der Waals surface area contributed by atoms with Crippen LogP contribution in [-0.2, 0) is 4.79 Å². The monoisotopic (exact) mass is 428 g/mol. The summed E-state index contributed by atoms with van der Waals surface area (Å²) in [4.78, 5) is 22.8. The zero-order chi connectivity index (χ0) is 22.3. The van der Waals surface area contributed by atoms with E-state index >= 15 is 0 Å². The molecule has 2 aromatic carbocycles. The number of halogens is 1. The SMILES string of the molecule is CCOc1ccc(C)cc1C(C)N/C=C(/C#N)C(=O)Nc1cc([N+](=O)[O-])ccc1Cl. The number of hydrogen-bond acceptors (Lipinski definition) is 6. The largest absolute Gasteiger partial charge is 0.494 e. The topological polar surface area (TPSA) is 117 Å². The fourth-order valence-electron chi connectivity index (χ4n) is 2.65. The summed E-state index contributed by atoms with van der Waals surface area (Å²) in [5.41, 5.74) is 1.53. The van der Waals surface area contributed by atoms with E-state index in [0.29, 0.717) is 12.4 Å². The number of benzene rings is 2. The Hall–Kier alpha value is -3.57. The third kappa shape index (κ3) is 5.72. The number of carbonyl (C=O) groups excluding carboxylic acids is 1. The highest BCUT2D eigenvalue weighted by Crippen LogP contribution is 2.28. The first-order valence-electron chi connectivity index (χ1n) is 9.11. The number of non-ortho nitro benzene ring substituents is 1. The number of nitrogens with one attached hydrogen (secondary N) is 2. The van der Waals surface area contributed by atoms with E-state index < -0.39 is 10.8 Å². The summed E-state index contributed by atoms with van der Waals surface area (Å²) >= 11 is 5.99. The van der Waals surface area contributed by atoms with Crippen LogP contribution in [0, 0.1) is 28.4 Å². The number of nitro benzene ring substituents is 1. The molecule has 9 heteroatoms. The molecule has 0 aromatic heterocycles. The minimum absolute atomic E-state index is 0.0439. The van der Waals surface area contributed by atoms with Gasteiger partial charge in [0.15, 0.2) is 0 Å². The standard InChI is InChI=1S/C21H21ClN4O4/c1-4-30-20-8-5-13(2)9-17(20)14(3)24-12-15(11-23)21(27)25-19-10-16(26(28)29)6-7-18(19)22/h5-10,12,14,24H,4H2,1-3H3,(H,25,27)/b15-12-. The number of amides is 1. The highest BCUT2D eigenvalue weighted by molar-refractivity contribution is 6.34. The van der Waals surface area contributed by atoms with Crippen LogP contribution in [0.1, 0.15) is 31.0 Å². The highest BCUT2D eigenvalue weighted by Gasteiger charge is 2.16. The van der Waals surface area contributed by atoms with Crippen molar-refractivity contribution in [2.45, 2.75) is 26.8 Å². The molecule has 1 amide bonds. The molecule has 0 aliphatic rings. The molecule has 30 heavy (non-hydrogen) atoms. The number of nitro groups is 1. The Bertz CT molecular complexity index is 1030. The number of nitriles is 1. The lowest BCUT2D eigenvalue weighted by Crippen LogP contribution is -2.19. The average molecular weight is 429 g/mol. The third-order valence-electron chi connectivity index (χ3n) is 4.18. The Morgan fingerprint density at radius 3 is 2.73 bits per heavy atom. The minimum Gasteiger partial charge on any atom is -0.494 e. The molecule has 0 heterocycles. The van der Waals surface area contributed by atoms with Crippen LogP contribution in [0.4, 0.5) is 11.4 Å². The number of nitrogens with zero attached hydrogens (tertiary/aromatic N) is 2. The van der Waals surface area contributed by atoms with Crippen molar-refractivity contribution in [2.24, 2.45) is 0 Å². The maximum atomic E-state index is 12.5. The van der Waals surface area contributed by atoms with Gasteiger partial charge < -0.3 is 15.4 Å². The number of aryl methyl sites for hydroxylation is 1. The first kappa shape index (κ1) is 22.7. The van der Waals surface area contributed by atoms with Crippen molar-refractivity contribution in [1.29, 1.82) is 5.26 Å². The lowest BCUT2D eigenvalue weighted by Gasteiger charge is -2.18. The van der Waals surface area contributed by atoms with E-state index in [0.717, 1.165) is 17.2 Å². The number of carbonyl (C=O) groups is 1. The average Bonchev–Trinajstić information content (AvgIpc) is 2.71. The second-order valence-electron chi connectivity index (χ2n) is 6.41. The molecule has 0 aliphatic carbocycles. The second-order valence-corrected chi connectivity index (χ2v) is 6.82. The van der Waals surface area contributed by atoms with Crippen LogP contribution < -0.4 is 15.4 Å². The molecule has 8 nitrogen and oxygen atoms in total. The van der Waals surface area contributed by atoms with Gasteiger partial charge in [-0.15, -0.1) is 0 Å². The van der Waals surface area contributed by atoms with Crippen LogP contribution in [-0.4, -0.2) is 17.4 Å². The molecule has 0 radical (unpaired) electrons. The number of ether oxygens (including phenoxy) is 1. The first-order chi connectivity index (χ1) is 14.3. The highest BCUT2D eigenvalue weighted by atomic mass is 35.5. The van der Waals surface area contributed by atoms with Gasteiger partial charge in [-0.2, -0.15) is 5.26 Å². The molecule has 0 fully saturated rings. The Morgan fingerprint density at radius 1 is 1.37 bits per heavy atom. The van der Waals surface area contributed by atoms with E-state index in [9.17, 15) is 20.2 Å². The molecule has 2 N–H and O–H groups in total. The maximum Gasteiger partial charge on any atom is 0.271 e. The van der Waals surface area contributed by atoms with Gasteiger partial charge in [-0.05, 0) is 32.9 Å². The predicted octanol–water partition coefficient (Wildman–Crippen LogP) is 4.65. The van der Waals surface area contributed by atoms with Gasteiger partial charge in [0.05, 0.1) is 28.3 Å². The van der Waals surface area contributed by atoms with Crippen LogP contribution in [0.3, 0.4) is 0 Å². The first-order valence-corrected chi connectivity index (χ1v) is 9.49. The van der Waals surface area contributed by atoms with Crippen molar-refractivity contribution in [2.75, 3.05) is 11.9 Å². The summed E-state index contributed by atoms with van der Waals surface area (Å²) in [5.74, 6) is -0.0308. The summed E-state index contributed by atoms with van der Waals surface area (Å²) in [6.45, 7) is 6.23. The van der Waals surface area contributed by atoms with Gasteiger partial charge in [0.2, 0.25) is 0 Å². The van der Waals surface area contributed by atoms with Crippen molar-refractivity contribution in [1.82, 2.24) is 5.32 Å². The molecule has 0 spiro atoms. The molecular formula is C21H21ClN4O4. The van der Waals surface area contributed by atoms with E-state index in [-0.39, 0.29) is 28.0 Å². The zero-order valence-corrected chi connectivity index (χ0v) is 17.5. The fourth-order valence-corrected chi connectivity index (χ4v) is 2.82. The van der Waals surface area contributed by atoms with E-state index in [2.05, 4.69) is 10.6 Å². The van der Waals surface area contributed by atoms with E-state index in [1.165, 1.54) is 18.3 Å². The molecule has 1 atom stereocenters. The van der Waals surface area contributed by atoms with Crippen LogP contribution in [0.15, 0.2) is 48.2 Å². The van der Waals surface area contributed by atoms with Gasteiger partial charge in [-0.3, -0.25) is 14.9 Å². The molecule has 2 rings (SSSR count). The smallest absolute Gasteiger partial charge is 0.271 e. The summed E-state index contributed by atoms with van der Waals surface area (Å²) in [5, 5.41) is 25.9. The Balaban J connectivity index is 2.19. The van der Waals surface area contributed by atoms with Gasteiger partial charge in [-0.1, -0.05) is 29.3 Å². The van der Waals surface area contributed by atoms with Crippen molar-refractivity contribution in [3.63, 3.8) is 0 Å². The fraction of sp³-hybridized carbons (Fsp3) is 0.238. The molecule has 2 aromatic rings. The lowest BCUT2D eigenvalue weighted by atomic mass is 10.0. The van der Waals surface area contributed by atoms with Crippen molar-refractivity contribution >= 4 is 28.9 Å². The van der Waals surface area contributed by atoms with E-state index in [4.69, 9.17) is 16.3 Å². The van der Waals surface area contributed by atoms with Crippen LogP contribution in [0.2, 0.25) is 5.02 Å². The van der Waals surface area contributed by atoms with Crippen molar-refractivity contribution in [3.8, 4) is 11.8 Å². The quantitative estimate of drug-likeness (QED) is 0.273. The number of anilines is 1. The Kier molecular flexibility index (Phi) is 7.78. The molecule has 156 valence electrons. The summed E-state index contributed by atoms with van der Waals surface area (Å²) in [6, 6.07) is 11.0. The third-order valence-corrected chi connectivity index (χ3v) is 4.51. The van der Waals surface area contributed by atoms with Crippen molar-refractivity contribution < 1.29 is 14.5 Å². The van der Waals surface area contributed by atoms with E-state index in [1.54, 1.807) is 0 Å². The predicted molar refractivity (Wildman–Crippen MR) is 114 cm³/mol. The van der Waals surface area contributed by atoms with E-state index in [1.807, 2.05) is 45.0 Å². The van der Waals surface area contributed by atoms with Crippen LogP contribution >= 0.6 is 11.6 Å². The molecule has 0 aliphatic heterocycles. The molecule has 1 unspecified atom stereocenters.